The third-order valence-electron chi connectivity index (χ3n) is 18.6. The molecule has 1 saturated heterocycles. The van der Waals surface area contributed by atoms with Gasteiger partial charge in [0.15, 0.2) is 0 Å². The van der Waals surface area contributed by atoms with E-state index in [1.54, 1.807) is 5.70 Å². The van der Waals surface area contributed by atoms with Crippen LogP contribution in [0.1, 0.15) is 37.7 Å². The third kappa shape index (κ3) is 4.91. The number of hydrogen-bond donors (Lipinski definition) is 0. The van der Waals surface area contributed by atoms with Gasteiger partial charge >= 0.3 is 0 Å². The quantitative estimate of drug-likeness (QED) is 0.164. The largest absolute Gasteiger partial charge is 0.336 e. The third-order valence-corrected chi connectivity index (χ3v) is 19.7. The lowest BCUT2D eigenvalue weighted by Crippen LogP contribution is -2.55. The maximum Gasteiger partial charge on any atom is 0.0712 e. The minimum absolute atomic E-state index is 0.127. The van der Waals surface area contributed by atoms with E-state index in [4.69, 9.17) is 0 Å². The number of hydrogen-bond acceptors (Lipinski definition) is 3. The van der Waals surface area contributed by atoms with Gasteiger partial charge in [-0.2, -0.15) is 0 Å². The molecule has 5 fully saturated rings. The second-order valence-corrected chi connectivity index (χ2v) is 22.3. The van der Waals surface area contributed by atoms with Gasteiger partial charge in [0.05, 0.1) is 11.7 Å². The molecule has 67 heavy (non-hydrogen) atoms. The molecular formula is C64H50N2S. The first-order valence-corrected chi connectivity index (χ1v) is 25.7. The zero-order valence-electron chi connectivity index (χ0n) is 37.4. The van der Waals surface area contributed by atoms with Gasteiger partial charge in [0.2, 0.25) is 0 Å². The number of para-hydroxylation sites is 1. The summed E-state index contributed by atoms with van der Waals surface area (Å²) in [6.45, 7) is 0. The van der Waals surface area contributed by atoms with Crippen LogP contribution in [0.4, 0.5) is 17.1 Å². The van der Waals surface area contributed by atoms with Crippen LogP contribution in [0.2, 0.25) is 0 Å². The average Bonchev–Trinajstić information content (AvgIpc) is 3.66. The monoisotopic (exact) mass is 878 g/mol. The van der Waals surface area contributed by atoms with Crippen LogP contribution in [0.15, 0.2) is 212 Å². The highest BCUT2D eigenvalue weighted by molar-refractivity contribution is 7.25. The molecule has 7 unspecified atom stereocenters. The molecule has 2 nitrogen and oxygen atoms in total. The van der Waals surface area contributed by atoms with Gasteiger partial charge < -0.3 is 9.80 Å². The molecule has 4 saturated carbocycles. The number of thiophene rings is 1. The molecule has 8 aliphatic rings. The lowest BCUT2D eigenvalue weighted by atomic mass is 9.50. The van der Waals surface area contributed by atoms with Gasteiger partial charge in [-0.25, -0.2) is 0 Å². The van der Waals surface area contributed by atoms with Crippen LogP contribution < -0.4 is 9.80 Å². The minimum atomic E-state index is 0.127. The van der Waals surface area contributed by atoms with Crippen LogP contribution in [0, 0.1) is 46.3 Å². The highest BCUT2D eigenvalue weighted by Gasteiger charge is 2.81. The van der Waals surface area contributed by atoms with Crippen molar-refractivity contribution in [3.8, 4) is 33.4 Å². The Morgan fingerprint density at radius 3 is 2.15 bits per heavy atom. The molecule has 0 radical (unpaired) electrons. The van der Waals surface area contributed by atoms with Crippen molar-refractivity contribution in [3.05, 3.63) is 217 Å². The lowest BCUT2D eigenvalue weighted by Gasteiger charge is -2.55. The van der Waals surface area contributed by atoms with E-state index in [9.17, 15) is 0 Å². The Bertz CT molecular complexity index is 3520. The SMILES string of the molecule is C1=CCC2C(=C1)N1c3ccccc3C3=C(N(c4ccc(-c5ccccc5)cc4)c4ccc(-c5ccccc5-c5cccc6sc7ccccc7c56)cc4)C=CC4(C5CC6C[C@@H]7C[C@]7(CC25)C64)C31. The molecule has 3 heterocycles. The van der Waals surface area contributed by atoms with Crippen molar-refractivity contribution in [3.63, 3.8) is 0 Å². The Morgan fingerprint density at radius 1 is 0.597 bits per heavy atom. The Hall–Kier alpha value is -6.68. The summed E-state index contributed by atoms with van der Waals surface area (Å²) in [6, 6.07) is 64.3. The molecule has 0 amide bonds. The zero-order valence-corrected chi connectivity index (χ0v) is 38.2. The Balaban J connectivity index is 0.892. The summed E-state index contributed by atoms with van der Waals surface area (Å²) in [7, 11) is 0. The van der Waals surface area contributed by atoms with E-state index < -0.39 is 0 Å². The molecule has 1 aromatic heterocycles. The molecule has 3 heteroatoms. The van der Waals surface area contributed by atoms with Crippen LogP contribution in [0.5, 0.6) is 0 Å². The molecule has 0 N–H and O–H groups in total. The Labute approximate surface area is 396 Å². The molecule has 8 aromatic rings. The summed E-state index contributed by atoms with van der Waals surface area (Å²) in [4.78, 5) is 5.55. The van der Waals surface area contributed by atoms with Gasteiger partial charge in [-0.1, -0.05) is 146 Å². The van der Waals surface area contributed by atoms with E-state index in [0.717, 1.165) is 23.7 Å². The number of benzene rings is 7. The van der Waals surface area contributed by atoms with Crippen molar-refractivity contribution < 1.29 is 0 Å². The number of fused-ring (bicyclic) bond motifs is 9. The summed E-state index contributed by atoms with van der Waals surface area (Å²) in [5.41, 5.74) is 17.9. The maximum absolute atomic E-state index is 2.93. The van der Waals surface area contributed by atoms with Crippen molar-refractivity contribution in [1.29, 1.82) is 0 Å². The van der Waals surface area contributed by atoms with E-state index in [2.05, 4.69) is 210 Å². The lowest BCUT2D eigenvalue weighted by molar-refractivity contribution is 0.00331. The second kappa shape index (κ2) is 13.5. The molecule has 322 valence electrons. The van der Waals surface area contributed by atoms with E-state index in [1.807, 2.05) is 11.3 Å². The number of nitrogens with zero attached hydrogens (tertiary/aromatic N) is 2. The summed E-state index contributed by atoms with van der Waals surface area (Å²) in [6.07, 6.45) is 19.9. The van der Waals surface area contributed by atoms with E-state index in [-0.39, 0.29) is 11.5 Å². The van der Waals surface area contributed by atoms with E-state index >= 15 is 0 Å². The van der Waals surface area contributed by atoms with Gasteiger partial charge in [-0.05, 0) is 155 Å². The first-order valence-electron chi connectivity index (χ1n) is 24.9. The molecule has 6 aliphatic carbocycles. The van der Waals surface area contributed by atoms with Crippen LogP contribution in [-0.4, -0.2) is 6.04 Å². The normalized spacial score (nSPS) is 29.6. The molecule has 2 aliphatic heterocycles. The highest BCUT2D eigenvalue weighted by atomic mass is 32.1. The van der Waals surface area contributed by atoms with Crippen molar-refractivity contribution >= 4 is 54.1 Å². The number of anilines is 3. The molecule has 4 bridgehead atoms. The van der Waals surface area contributed by atoms with Crippen molar-refractivity contribution in [2.24, 2.45) is 46.3 Å². The predicted octanol–water partition coefficient (Wildman–Crippen LogP) is 16.5. The van der Waals surface area contributed by atoms with Gasteiger partial charge in [-0.15, -0.1) is 11.3 Å². The van der Waals surface area contributed by atoms with E-state index in [0.29, 0.717) is 17.3 Å². The Kier molecular flexibility index (Phi) is 7.53. The van der Waals surface area contributed by atoms with E-state index in [1.165, 1.54) is 120 Å². The molecule has 9 atom stereocenters. The number of rotatable bonds is 6. The fraction of sp³-hybridized carbons (Fsp3) is 0.219. The van der Waals surface area contributed by atoms with Crippen LogP contribution in [-0.2, 0) is 0 Å². The smallest absolute Gasteiger partial charge is 0.0712 e. The average molecular weight is 879 g/mol. The topological polar surface area (TPSA) is 6.48 Å². The Morgan fingerprint density at radius 2 is 1.30 bits per heavy atom. The summed E-state index contributed by atoms with van der Waals surface area (Å²) < 4.78 is 2.67. The maximum atomic E-state index is 2.93. The molecule has 7 aromatic carbocycles. The van der Waals surface area contributed by atoms with Crippen molar-refractivity contribution in [2.45, 2.75) is 38.1 Å². The van der Waals surface area contributed by atoms with Crippen molar-refractivity contribution in [1.82, 2.24) is 0 Å². The zero-order chi connectivity index (χ0) is 43.6. The standard InChI is InChI=1S/C64H50N2S/c1-2-13-39(14-3-1)40-25-29-44(30-26-40)65(45-31-27-41(28-32-45)46-15-4-5-16-47(46)49-20-12-24-58-59(49)51-19-8-11-23-57(51)67-58)56-33-34-64-53-36-42-35-43-37-63(43,61(42)64)38-52(53)48-17-6-9-21-54(48)66-55-22-10-7-18-50(55)60(56)62(64)66/h1-16,18-34,42-43,48,52-53,61-62H,17,35-38H2/t42?,43-,48?,52?,53?,61?,62?,63-,64?/m1/s1. The number of allylic oxidation sites excluding steroid dienone is 5. The van der Waals surface area contributed by atoms with Crippen LogP contribution in [0.3, 0.4) is 0 Å². The summed E-state index contributed by atoms with van der Waals surface area (Å²) in [5.74, 6) is 4.61. The first-order chi connectivity index (χ1) is 33.2. The van der Waals surface area contributed by atoms with Gasteiger partial charge in [0.1, 0.15) is 0 Å². The highest BCUT2D eigenvalue weighted by Crippen LogP contribution is 2.86. The van der Waals surface area contributed by atoms with Crippen molar-refractivity contribution in [2.75, 3.05) is 9.80 Å². The first kappa shape index (κ1) is 37.4. The summed E-state index contributed by atoms with van der Waals surface area (Å²) in [5, 5.41) is 2.69. The van der Waals surface area contributed by atoms with Crippen LogP contribution >= 0.6 is 11.3 Å². The second-order valence-electron chi connectivity index (χ2n) is 21.2. The predicted molar refractivity (Wildman–Crippen MR) is 279 cm³/mol. The van der Waals surface area contributed by atoms with Gasteiger partial charge in [0, 0.05) is 65.4 Å². The van der Waals surface area contributed by atoms with Crippen LogP contribution in [0.25, 0.3) is 59.1 Å². The summed E-state index contributed by atoms with van der Waals surface area (Å²) >= 11 is 1.89. The van der Waals surface area contributed by atoms with Gasteiger partial charge in [-0.3, -0.25) is 0 Å². The molecule has 16 rings (SSSR count). The molecule has 2 spiro atoms. The fourth-order valence-corrected chi connectivity index (χ4v) is 17.5. The fourth-order valence-electron chi connectivity index (χ4n) is 16.4. The van der Waals surface area contributed by atoms with Gasteiger partial charge in [0.25, 0.3) is 0 Å². The minimum Gasteiger partial charge on any atom is -0.336 e. The molecular weight excluding hydrogens is 829 g/mol.